The zero-order valence-corrected chi connectivity index (χ0v) is 16.3. The van der Waals surface area contributed by atoms with E-state index in [9.17, 15) is 4.79 Å². The van der Waals surface area contributed by atoms with Crippen LogP contribution in [0, 0.1) is 0 Å². The quantitative estimate of drug-likeness (QED) is 0.671. The van der Waals surface area contributed by atoms with Crippen molar-refractivity contribution >= 4 is 21.8 Å². The first kappa shape index (κ1) is 18.7. The van der Waals surface area contributed by atoms with E-state index in [2.05, 4.69) is 32.1 Å². The first-order valence-corrected chi connectivity index (χ1v) is 9.15. The van der Waals surface area contributed by atoms with Gasteiger partial charge in [0.05, 0.1) is 14.2 Å². The zero-order chi connectivity index (χ0) is 18.5. The van der Waals surface area contributed by atoms with Gasteiger partial charge >= 0.3 is 0 Å². The fourth-order valence-electron chi connectivity index (χ4n) is 2.95. The number of hydrogen-bond acceptors (Lipinski definition) is 5. The van der Waals surface area contributed by atoms with Crippen molar-refractivity contribution in [3.05, 3.63) is 58.1 Å². The number of benzene rings is 2. The van der Waals surface area contributed by atoms with Crippen LogP contribution in [-0.4, -0.2) is 26.2 Å². The molecule has 1 fully saturated rings. The van der Waals surface area contributed by atoms with Crippen molar-refractivity contribution in [2.45, 2.75) is 25.0 Å². The number of carbonyl (C=O) groups excluding carboxylic acids is 1. The first-order valence-electron chi connectivity index (χ1n) is 8.36. The number of carbonyl (C=O) groups is 1. The summed E-state index contributed by atoms with van der Waals surface area (Å²) < 4.78 is 11.6. The number of hydrogen-bond donors (Lipinski definition) is 3. The summed E-state index contributed by atoms with van der Waals surface area (Å²) in [5.74, 6) is 1.36. The summed E-state index contributed by atoms with van der Waals surface area (Å²) in [6.45, 7) is 0.396. The maximum absolute atomic E-state index is 12.5. The van der Waals surface area contributed by atoms with Crippen LogP contribution in [0.15, 0.2) is 46.9 Å². The first-order chi connectivity index (χ1) is 12.6. The molecule has 0 saturated carbocycles. The van der Waals surface area contributed by atoms with Crippen LogP contribution in [0.25, 0.3) is 0 Å². The van der Waals surface area contributed by atoms with Gasteiger partial charge in [-0.2, -0.15) is 0 Å². The molecule has 1 aliphatic rings. The highest BCUT2D eigenvalue weighted by atomic mass is 79.9. The summed E-state index contributed by atoms with van der Waals surface area (Å²) in [5.41, 5.74) is 8.32. The van der Waals surface area contributed by atoms with Crippen LogP contribution in [0.5, 0.6) is 11.5 Å². The van der Waals surface area contributed by atoms with E-state index in [1.165, 1.54) is 0 Å². The van der Waals surface area contributed by atoms with Gasteiger partial charge in [-0.25, -0.2) is 10.9 Å². The molecule has 6 nitrogen and oxygen atoms in total. The van der Waals surface area contributed by atoms with Gasteiger partial charge < -0.3 is 14.8 Å². The van der Waals surface area contributed by atoms with Crippen molar-refractivity contribution in [3.63, 3.8) is 0 Å². The summed E-state index contributed by atoms with van der Waals surface area (Å²) >= 11 is 3.43. The molecular formula is C19H22BrN3O3. The molecule has 138 valence electrons. The van der Waals surface area contributed by atoms with Crippen molar-refractivity contribution in [2.24, 2.45) is 0 Å². The Morgan fingerprint density at radius 3 is 2.62 bits per heavy atom. The lowest BCUT2D eigenvalue weighted by molar-refractivity contribution is -0.123. The lowest BCUT2D eigenvalue weighted by Crippen LogP contribution is -2.42. The predicted molar refractivity (Wildman–Crippen MR) is 103 cm³/mol. The maximum Gasteiger partial charge on any atom is 0.238 e. The Morgan fingerprint density at radius 1 is 1.15 bits per heavy atom. The highest BCUT2D eigenvalue weighted by Gasteiger charge is 2.30. The molecule has 2 unspecified atom stereocenters. The molecule has 1 heterocycles. The molecule has 3 N–H and O–H groups in total. The average Bonchev–Trinajstić information content (AvgIpc) is 3.16. The molecule has 1 aliphatic heterocycles. The summed E-state index contributed by atoms with van der Waals surface area (Å²) in [5, 5.41) is 2.96. The van der Waals surface area contributed by atoms with Gasteiger partial charge in [-0.05, 0) is 36.2 Å². The van der Waals surface area contributed by atoms with E-state index in [1.807, 2.05) is 36.4 Å². The fraction of sp³-hybridized carbons (Fsp3) is 0.316. The monoisotopic (exact) mass is 419 g/mol. The molecule has 0 spiro atoms. The molecule has 2 atom stereocenters. The molecule has 2 aromatic carbocycles. The molecule has 1 saturated heterocycles. The highest BCUT2D eigenvalue weighted by molar-refractivity contribution is 9.10. The Balaban J connectivity index is 1.57. The minimum Gasteiger partial charge on any atom is -0.497 e. The lowest BCUT2D eigenvalue weighted by Gasteiger charge is -2.13. The maximum atomic E-state index is 12.5. The van der Waals surface area contributed by atoms with Crippen LogP contribution < -0.4 is 25.6 Å². The van der Waals surface area contributed by atoms with Crippen LogP contribution in [0.3, 0.4) is 0 Å². The van der Waals surface area contributed by atoms with Gasteiger partial charge in [0.1, 0.15) is 17.5 Å². The second kappa shape index (κ2) is 8.53. The van der Waals surface area contributed by atoms with Gasteiger partial charge in [0.2, 0.25) is 5.91 Å². The molecule has 0 radical (unpaired) electrons. The standard InChI is InChI=1S/C19H22BrN3O3/c1-25-15-8-5-13(18(9-15)26-2)11-21-19(24)17-10-16(22-23-17)12-3-6-14(20)7-4-12/h3-9,16-17,22-23H,10-11H2,1-2H3,(H,21,24). The van der Waals surface area contributed by atoms with Crippen molar-refractivity contribution in [1.82, 2.24) is 16.2 Å². The summed E-state index contributed by atoms with van der Waals surface area (Å²) in [4.78, 5) is 12.5. The van der Waals surface area contributed by atoms with E-state index in [0.717, 1.165) is 21.3 Å². The fourth-order valence-corrected chi connectivity index (χ4v) is 3.21. The Hall–Kier alpha value is -2.09. The molecule has 26 heavy (non-hydrogen) atoms. The van der Waals surface area contributed by atoms with E-state index in [1.54, 1.807) is 20.3 Å². The molecule has 0 aliphatic carbocycles. The van der Waals surface area contributed by atoms with E-state index in [-0.39, 0.29) is 18.0 Å². The molecule has 1 amide bonds. The van der Waals surface area contributed by atoms with Crippen molar-refractivity contribution < 1.29 is 14.3 Å². The Morgan fingerprint density at radius 2 is 1.92 bits per heavy atom. The van der Waals surface area contributed by atoms with Crippen molar-refractivity contribution in [2.75, 3.05) is 14.2 Å². The van der Waals surface area contributed by atoms with Crippen molar-refractivity contribution in [3.8, 4) is 11.5 Å². The van der Waals surface area contributed by atoms with Crippen LogP contribution in [0.1, 0.15) is 23.6 Å². The highest BCUT2D eigenvalue weighted by Crippen LogP contribution is 2.26. The minimum atomic E-state index is -0.284. The average molecular weight is 420 g/mol. The normalized spacial score (nSPS) is 19.2. The number of methoxy groups -OCH3 is 2. The number of nitrogens with one attached hydrogen (secondary N) is 3. The van der Waals surface area contributed by atoms with E-state index >= 15 is 0 Å². The minimum absolute atomic E-state index is 0.0463. The molecule has 7 heteroatoms. The number of ether oxygens (including phenoxy) is 2. The SMILES string of the molecule is COc1ccc(CNC(=O)C2CC(c3ccc(Br)cc3)NN2)c(OC)c1. The second-order valence-electron chi connectivity index (χ2n) is 6.08. The number of rotatable bonds is 6. The van der Waals surface area contributed by atoms with Gasteiger partial charge in [0.15, 0.2) is 0 Å². The second-order valence-corrected chi connectivity index (χ2v) is 6.99. The third-order valence-electron chi connectivity index (χ3n) is 4.44. The molecule has 0 bridgehead atoms. The predicted octanol–water partition coefficient (Wildman–Crippen LogP) is 2.69. The topological polar surface area (TPSA) is 71.6 Å². The largest absolute Gasteiger partial charge is 0.497 e. The smallest absolute Gasteiger partial charge is 0.238 e. The summed E-state index contributed by atoms with van der Waals surface area (Å²) in [6, 6.07) is 13.5. The van der Waals surface area contributed by atoms with Gasteiger partial charge in [0, 0.05) is 28.7 Å². The van der Waals surface area contributed by atoms with Crippen LogP contribution in [-0.2, 0) is 11.3 Å². The lowest BCUT2D eigenvalue weighted by atomic mass is 10.0. The van der Waals surface area contributed by atoms with Gasteiger partial charge in [-0.3, -0.25) is 4.79 Å². The van der Waals surface area contributed by atoms with Gasteiger partial charge in [-0.1, -0.05) is 28.1 Å². The van der Waals surface area contributed by atoms with Crippen LogP contribution >= 0.6 is 15.9 Å². The Kier molecular flexibility index (Phi) is 6.13. The Bertz CT molecular complexity index is 767. The molecule has 0 aromatic heterocycles. The van der Waals surface area contributed by atoms with Gasteiger partial charge in [-0.15, -0.1) is 0 Å². The molecule has 3 rings (SSSR count). The van der Waals surface area contributed by atoms with Crippen LogP contribution in [0.4, 0.5) is 0 Å². The van der Waals surface area contributed by atoms with Crippen LogP contribution in [0.2, 0.25) is 0 Å². The number of hydrazine groups is 1. The third kappa shape index (κ3) is 4.35. The van der Waals surface area contributed by atoms with E-state index in [0.29, 0.717) is 18.7 Å². The number of amides is 1. The number of halogens is 1. The van der Waals surface area contributed by atoms with Gasteiger partial charge in [0.25, 0.3) is 0 Å². The van der Waals surface area contributed by atoms with Crippen molar-refractivity contribution in [1.29, 1.82) is 0 Å². The molecular weight excluding hydrogens is 398 g/mol. The zero-order valence-electron chi connectivity index (χ0n) is 14.7. The Labute approximate surface area is 161 Å². The van der Waals surface area contributed by atoms with E-state index < -0.39 is 0 Å². The summed E-state index contributed by atoms with van der Waals surface area (Å²) in [7, 11) is 3.21. The van der Waals surface area contributed by atoms with E-state index in [4.69, 9.17) is 9.47 Å². The molecule has 2 aromatic rings. The third-order valence-corrected chi connectivity index (χ3v) is 4.97. The summed E-state index contributed by atoms with van der Waals surface area (Å²) in [6.07, 6.45) is 0.688.